The van der Waals surface area contributed by atoms with Crippen molar-refractivity contribution in [2.45, 2.75) is 13.5 Å². The first-order chi connectivity index (χ1) is 14.0. The number of amides is 1. The predicted molar refractivity (Wildman–Crippen MR) is 114 cm³/mol. The zero-order valence-corrected chi connectivity index (χ0v) is 17.5. The molecule has 0 unspecified atom stereocenters. The fraction of sp³-hybridized carbons (Fsp3) is 0.150. The van der Waals surface area contributed by atoms with Crippen molar-refractivity contribution in [2.75, 3.05) is 11.9 Å². The molecule has 0 aliphatic rings. The average Bonchev–Trinajstić information content (AvgIpc) is 3.18. The Bertz CT molecular complexity index is 1020. The molecule has 0 atom stereocenters. The Balaban J connectivity index is 1.67. The lowest BCUT2D eigenvalue weighted by Gasteiger charge is -2.07. The Morgan fingerprint density at radius 2 is 1.83 bits per heavy atom. The number of nitrogens with zero attached hydrogens (tertiary/aromatic N) is 1. The normalized spacial score (nSPS) is 10.4. The van der Waals surface area contributed by atoms with Gasteiger partial charge in [0.1, 0.15) is 29.6 Å². The average molecular weight is 508 g/mol. The standard InChI is InChI=1S/C20H17IN2O6/c1-2-27-15-7-9-17(18(11-15)23(25)26)22-20(24)19-10-8-16(29-19)12-28-14-5-3-13(21)4-6-14/h3-11H,2,12H2,1H3,(H,22,24). The van der Waals surface area contributed by atoms with E-state index in [1.807, 2.05) is 24.3 Å². The van der Waals surface area contributed by atoms with Crippen LogP contribution in [0.1, 0.15) is 23.2 Å². The van der Waals surface area contributed by atoms with Gasteiger partial charge in [0.05, 0.1) is 17.6 Å². The van der Waals surface area contributed by atoms with E-state index < -0.39 is 10.8 Å². The van der Waals surface area contributed by atoms with Crippen LogP contribution in [0.2, 0.25) is 0 Å². The van der Waals surface area contributed by atoms with E-state index in [1.54, 1.807) is 19.1 Å². The molecule has 1 aromatic heterocycles. The van der Waals surface area contributed by atoms with Crippen molar-refractivity contribution in [1.82, 2.24) is 0 Å². The molecule has 0 fully saturated rings. The summed E-state index contributed by atoms with van der Waals surface area (Å²) in [7, 11) is 0. The summed E-state index contributed by atoms with van der Waals surface area (Å²) in [6.07, 6.45) is 0. The van der Waals surface area contributed by atoms with Gasteiger partial charge in [0.2, 0.25) is 0 Å². The molecule has 2 aromatic carbocycles. The summed E-state index contributed by atoms with van der Waals surface area (Å²) in [5.74, 6) is 0.908. The highest BCUT2D eigenvalue weighted by Gasteiger charge is 2.20. The molecule has 29 heavy (non-hydrogen) atoms. The number of halogens is 1. The van der Waals surface area contributed by atoms with E-state index in [9.17, 15) is 14.9 Å². The minimum Gasteiger partial charge on any atom is -0.494 e. The number of rotatable bonds is 8. The second kappa shape index (κ2) is 9.41. The number of nitro groups is 1. The van der Waals surface area contributed by atoms with Crippen LogP contribution in [0, 0.1) is 13.7 Å². The fourth-order valence-corrected chi connectivity index (χ4v) is 2.83. The minimum atomic E-state index is -0.599. The molecule has 0 saturated carbocycles. The summed E-state index contributed by atoms with van der Waals surface area (Å²) >= 11 is 2.20. The predicted octanol–water partition coefficient (Wildman–Crippen LogP) is 5.02. The van der Waals surface area contributed by atoms with Gasteiger partial charge in [0.15, 0.2) is 5.76 Å². The van der Waals surface area contributed by atoms with Crippen LogP contribution in [0.3, 0.4) is 0 Å². The minimum absolute atomic E-state index is 0.0226. The maximum Gasteiger partial charge on any atom is 0.296 e. The van der Waals surface area contributed by atoms with Gasteiger partial charge in [0, 0.05) is 3.57 Å². The third kappa shape index (κ3) is 5.47. The largest absolute Gasteiger partial charge is 0.494 e. The molecular weight excluding hydrogens is 491 g/mol. The van der Waals surface area contributed by atoms with Gasteiger partial charge in [-0.2, -0.15) is 0 Å². The number of hydrogen-bond acceptors (Lipinski definition) is 6. The van der Waals surface area contributed by atoms with E-state index in [-0.39, 0.29) is 23.7 Å². The first-order valence-corrected chi connectivity index (χ1v) is 9.74. The zero-order valence-electron chi connectivity index (χ0n) is 15.4. The van der Waals surface area contributed by atoms with Gasteiger partial charge in [-0.1, -0.05) is 0 Å². The van der Waals surface area contributed by atoms with Crippen molar-refractivity contribution in [3.05, 3.63) is 79.8 Å². The number of nitrogens with one attached hydrogen (secondary N) is 1. The van der Waals surface area contributed by atoms with Crippen LogP contribution in [0.5, 0.6) is 11.5 Å². The second-order valence-corrected chi connectivity index (χ2v) is 7.08. The third-order valence-electron chi connectivity index (χ3n) is 3.81. The Labute approximate surface area is 180 Å². The molecule has 3 aromatic rings. The summed E-state index contributed by atoms with van der Waals surface area (Å²) in [5, 5.41) is 13.8. The van der Waals surface area contributed by atoms with Crippen molar-refractivity contribution < 1.29 is 23.6 Å². The second-order valence-electron chi connectivity index (χ2n) is 5.83. The Hall–Kier alpha value is -3.08. The van der Waals surface area contributed by atoms with Crippen LogP contribution >= 0.6 is 22.6 Å². The summed E-state index contributed by atoms with van der Waals surface area (Å²) in [6.45, 7) is 2.30. The van der Waals surface area contributed by atoms with Gasteiger partial charge in [-0.25, -0.2) is 0 Å². The van der Waals surface area contributed by atoms with E-state index in [4.69, 9.17) is 13.9 Å². The van der Waals surface area contributed by atoms with Gasteiger partial charge in [0.25, 0.3) is 11.6 Å². The van der Waals surface area contributed by atoms with Crippen LogP contribution < -0.4 is 14.8 Å². The number of benzene rings is 2. The highest BCUT2D eigenvalue weighted by atomic mass is 127. The van der Waals surface area contributed by atoms with Gasteiger partial charge in [-0.3, -0.25) is 14.9 Å². The first kappa shape index (κ1) is 20.6. The molecule has 150 valence electrons. The number of anilines is 1. The fourth-order valence-electron chi connectivity index (χ4n) is 2.47. The molecular formula is C20H17IN2O6. The maximum atomic E-state index is 12.4. The molecule has 0 spiro atoms. The molecule has 3 rings (SSSR count). The highest BCUT2D eigenvalue weighted by molar-refractivity contribution is 14.1. The van der Waals surface area contributed by atoms with E-state index in [2.05, 4.69) is 27.9 Å². The molecule has 1 amide bonds. The molecule has 0 aliphatic carbocycles. The molecule has 1 heterocycles. The molecule has 0 radical (unpaired) electrons. The molecule has 8 nitrogen and oxygen atoms in total. The topological polar surface area (TPSA) is 104 Å². The quantitative estimate of drug-likeness (QED) is 0.260. The molecule has 9 heteroatoms. The first-order valence-electron chi connectivity index (χ1n) is 8.66. The van der Waals surface area contributed by atoms with Crippen molar-refractivity contribution in [3.63, 3.8) is 0 Å². The van der Waals surface area contributed by atoms with E-state index in [1.165, 1.54) is 18.2 Å². The monoisotopic (exact) mass is 508 g/mol. The van der Waals surface area contributed by atoms with E-state index >= 15 is 0 Å². The lowest BCUT2D eigenvalue weighted by molar-refractivity contribution is -0.384. The Kier molecular flexibility index (Phi) is 6.70. The lowest BCUT2D eigenvalue weighted by Crippen LogP contribution is -2.12. The van der Waals surface area contributed by atoms with E-state index in [0.29, 0.717) is 23.9 Å². The van der Waals surface area contributed by atoms with Gasteiger partial charge >= 0.3 is 0 Å². The number of carbonyl (C=O) groups excluding carboxylic acids is 1. The summed E-state index contributed by atoms with van der Waals surface area (Å²) in [6, 6.07) is 14.9. The van der Waals surface area contributed by atoms with Gasteiger partial charge < -0.3 is 19.2 Å². The summed E-state index contributed by atoms with van der Waals surface area (Å²) in [5.41, 5.74) is -0.213. The summed E-state index contributed by atoms with van der Waals surface area (Å²) in [4.78, 5) is 23.1. The van der Waals surface area contributed by atoms with Crippen molar-refractivity contribution >= 4 is 39.9 Å². The highest BCUT2D eigenvalue weighted by Crippen LogP contribution is 2.29. The van der Waals surface area contributed by atoms with Crippen molar-refractivity contribution in [3.8, 4) is 11.5 Å². The van der Waals surface area contributed by atoms with Crippen LogP contribution in [0.25, 0.3) is 0 Å². The number of nitro benzene ring substituents is 1. The number of furan rings is 1. The SMILES string of the molecule is CCOc1ccc(NC(=O)c2ccc(COc3ccc(I)cc3)o2)c([N+](=O)[O-])c1. The Morgan fingerprint density at radius 1 is 1.10 bits per heavy atom. The van der Waals surface area contributed by atoms with Gasteiger partial charge in [-0.05, 0) is 78.0 Å². The molecule has 0 bridgehead atoms. The lowest BCUT2D eigenvalue weighted by atomic mass is 10.2. The zero-order chi connectivity index (χ0) is 20.8. The third-order valence-corrected chi connectivity index (χ3v) is 4.52. The van der Waals surface area contributed by atoms with Gasteiger partial charge in [-0.15, -0.1) is 0 Å². The summed E-state index contributed by atoms with van der Waals surface area (Å²) < 4.78 is 17.5. The van der Waals surface area contributed by atoms with Crippen molar-refractivity contribution in [1.29, 1.82) is 0 Å². The molecule has 1 N–H and O–H groups in total. The maximum absolute atomic E-state index is 12.4. The van der Waals surface area contributed by atoms with Crippen LogP contribution in [0.4, 0.5) is 11.4 Å². The number of ether oxygens (including phenoxy) is 2. The number of carbonyl (C=O) groups is 1. The van der Waals surface area contributed by atoms with Crippen LogP contribution in [-0.2, 0) is 6.61 Å². The number of hydrogen-bond donors (Lipinski definition) is 1. The Morgan fingerprint density at radius 3 is 2.52 bits per heavy atom. The molecule has 0 saturated heterocycles. The smallest absolute Gasteiger partial charge is 0.296 e. The molecule has 0 aliphatic heterocycles. The van der Waals surface area contributed by atoms with E-state index in [0.717, 1.165) is 3.57 Å². The van der Waals surface area contributed by atoms with Crippen LogP contribution in [0.15, 0.2) is 59.0 Å². The van der Waals surface area contributed by atoms with Crippen molar-refractivity contribution in [2.24, 2.45) is 0 Å². The van der Waals surface area contributed by atoms with Crippen LogP contribution in [-0.4, -0.2) is 17.4 Å².